The summed E-state index contributed by atoms with van der Waals surface area (Å²) in [6.45, 7) is 1.74. The minimum atomic E-state index is -1.69. The lowest BCUT2D eigenvalue weighted by Gasteiger charge is -2.33. The standard InChI is InChI=1S/C30H35N3O8/c34-25(32-9-12-38-13-10-32)15-33-24-14-21(28(35)31-30(29(36)37)17-40-19-41-18-30)6-7-23(24)26(20-4-2-1-3-5-20)27(33)22-8-11-39-16-22/h6-8,11,14,16,20H,1-5,9-10,12-13,15,17-19H2,(H,31,35)(H,36,37). The van der Waals surface area contributed by atoms with E-state index in [4.69, 9.17) is 18.6 Å². The smallest absolute Gasteiger partial charge is 0.334 e. The van der Waals surface area contributed by atoms with E-state index in [1.54, 1.807) is 24.7 Å². The average Bonchev–Trinajstić information content (AvgIpc) is 3.65. The summed E-state index contributed by atoms with van der Waals surface area (Å²) >= 11 is 0. The molecule has 2 aromatic heterocycles. The first-order chi connectivity index (χ1) is 20.0. The molecule has 1 aromatic carbocycles. The fourth-order valence-electron chi connectivity index (χ4n) is 6.32. The molecule has 1 saturated carbocycles. The van der Waals surface area contributed by atoms with Crippen LogP contribution in [0, 0.1) is 0 Å². The summed E-state index contributed by atoms with van der Waals surface area (Å²) in [4.78, 5) is 40.9. The lowest BCUT2D eigenvalue weighted by Crippen LogP contribution is -2.62. The number of hydrogen-bond donors (Lipinski definition) is 2. The first-order valence-corrected chi connectivity index (χ1v) is 14.2. The van der Waals surface area contributed by atoms with Gasteiger partial charge in [-0.25, -0.2) is 4.79 Å². The number of furan rings is 1. The molecule has 0 spiro atoms. The van der Waals surface area contributed by atoms with Crippen molar-refractivity contribution in [2.45, 2.75) is 50.1 Å². The topological polar surface area (TPSA) is 132 Å². The molecule has 2 N–H and O–H groups in total. The molecule has 11 nitrogen and oxygen atoms in total. The summed E-state index contributed by atoms with van der Waals surface area (Å²) < 4.78 is 23.4. The van der Waals surface area contributed by atoms with Gasteiger partial charge in [0.25, 0.3) is 5.91 Å². The first-order valence-electron chi connectivity index (χ1n) is 14.2. The average molecular weight is 566 g/mol. The van der Waals surface area contributed by atoms with Crippen LogP contribution in [-0.2, 0) is 30.3 Å². The molecule has 41 heavy (non-hydrogen) atoms. The predicted molar refractivity (Wildman–Crippen MR) is 147 cm³/mol. The van der Waals surface area contributed by atoms with Gasteiger partial charge in [0.2, 0.25) is 5.91 Å². The largest absolute Gasteiger partial charge is 0.479 e. The van der Waals surface area contributed by atoms with Crippen molar-refractivity contribution in [2.24, 2.45) is 0 Å². The highest BCUT2D eigenvalue weighted by Gasteiger charge is 2.43. The Morgan fingerprint density at radius 3 is 2.44 bits per heavy atom. The maximum absolute atomic E-state index is 13.6. The fraction of sp³-hybridized carbons (Fsp3) is 0.500. The van der Waals surface area contributed by atoms with Crippen LogP contribution in [0.4, 0.5) is 0 Å². The van der Waals surface area contributed by atoms with E-state index in [9.17, 15) is 19.5 Å². The van der Waals surface area contributed by atoms with Crippen LogP contribution in [0.3, 0.4) is 0 Å². The number of nitrogens with zero attached hydrogens (tertiary/aromatic N) is 2. The number of carboxylic acids is 1. The molecule has 1 aliphatic carbocycles. The van der Waals surface area contributed by atoms with Crippen molar-refractivity contribution in [3.05, 3.63) is 47.9 Å². The number of aromatic nitrogens is 1. The van der Waals surface area contributed by atoms with Crippen LogP contribution in [0.15, 0.2) is 41.2 Å². The Balaban J connectivity index is 1.45. The third-order valence-electron chi connectivity index (χ3n) is 8.46. The number of hydrogen-bond acceptors (Lipinski definition) is 7. The molecule has 3 aliphatic rings. The van der Waals surface area contributed by atoms with Crippen molar-refractivity contribution in [3.8, 4) is 11.3 Å². The Morgan fingerprint density at radius 1 is 1.00 bits per heavy atom. The highest BCUT2D eigenvalue weighted by atomic mass is 16.7. The number of ether oxygens (including phenoxy) is 3. The van der Waals surface area contributed by atoms with Crippen LogP contribution in [0.1, 0.15) is 53.9 Å². The maximum atomic E-state index is 13.6. The Kier molecular flexibility index (Phi) is 7.83. The molecular formula is C30H35N3O8. The van der Waals surface area contributed by atoms with Gasteiger partial charge < -0.3 is 38.5 Å². The van der Waals surface area contributed by atoms with Crippen LogP contribution in [0.25, 0.3) is 22.2 Å². The minimum Gasteiger partial charge on any atom is -0.479 e. The fourth-order valence-corrected chi connectivity index (χ4v) is 6.32. The molecule has 0 radical (unpaired) electrons. The Labute approximate surface area is 237 Å². The van der Waals surface area contributed by atoms with Crippen LogP contribution in [0.2, 0.25) is 0 Å². The van der Waals surface area contributed by atoms with Gasteiger partial charge in [0, 0.05) is 29.6 Å². The number of carbonyl (C=O) groups excluding carboxylic acids is 2. The number of aliphatic carboxylic acids is 1. The van der Waals surface area contributed by atoms with E-state index in [-0.39, 0.29) is 38.0 Å². The van der Waals surface area contributed by atoms with Gasteiger partial charge in [-0.15, -0.1) is 0 Å². The van der Waals surface area contributed by atoms with Gasteiger partial charge in [-0.3, -0.25) is 9.59 Å². The molecule has 6 rings (SSSR count). The van der Waals surface area contributed by atoms with Crippen molar-refractivity contribution in [1.82, 2.24) is 14.8 Å². The number of rotatable bonds is 7. The Hall–Kier alpha value is -3.67. The van der Waals surface area contributed by atoms with Crippen molar-refractivity contribution >= 4 is 28.7 Å². The van der Waals surface area contributed by atoms with Gasteiger partial charge >= 0.3 is 5.97 Å². The van der Waals surface area contributed by atoms with Gasteiger partial charge in [0.05, 0.1) is 50.2 Å². The highest BCUT2D eigenvalue weighted by molar-refractivity contribution is 6.03. The molecular weight excluding hydrogens is 530 g/mol. The Bertz CT molecular complexity index is 1410. The molecule has 3 fully saturated rings. The zero-order valence-corrected chi connectivity index (χ0v) is 22.9. The third-order valence-corrected chi connectivity index (χ3v) is 8.46. The van der Waals surface area contributed by atoms with E-state index in [0.717, 1.165) is 47.8 Å². The molecule has 2 amide bonds. The molecule has 0 bridgehead atoms. The second kappa shape index (κ2) is 11.7. The molecule has 0 unspecified atom stereocenters. The van der Waals surface area contributed by atoms with Gasteiger partial charge in [-0.05, 0) is 42.5 Å². The summed E-state index contributed by atoms with van der Waals surface area (Å²) in [6, 6.07) is 7.31. The number of amides is 2. The van der Waals surface area contributed by atoms with E-state index >= 15 is 0 Å². The number of carboxylic acid groups (broad SMARTS) is 1. The number of carbonyl (C=O) groups is 3. The monoisotopic (exact) mass is 565 g/mol. The van der Waals surface area contributed by atoms with Gasteiger partial charge in [0.1, 0.15) is 13.3 Å². The Morgan fingerprint density at radius 2 is 1.76 bits per heavy atom. The number of morpholine rings is 1. The number of nitrogens with one attached hydrogen (secondary N) is 1. The summed E-state index contributed by atoms with van der Waals surface area (Å²) in [5.74, 6) is -1.50. The summed E-state index contributed by atoms with van der Waals surface area (Å²) in [5, 5.41) is 13.5. The zero-order chi connectivity index (χ0) is 28.4. The maximum Gasteiger partial charge on any atom is 0.334 e. The van der Waals surface area contributed by atoms with Crippen LogP contribution in [-0.4, -0.2) is 84.2 Å². The van der Waals surface area contributed by atoms with Crippen molar-refractivity contribution in [3.63, 3.8) is 0 Å². The summed E-state index contributed by atoms with van der Waals surface area (Å²) in [7, 11) is 0. The SMILES string of the molecule is O=C(NC1(C(=O)O)COCOC1)c1ccc2c(C3CCCCC3)c(-c3ccoc3)n(CC(=O)N3CCOCC3)c2c1. The van der Waals surface area contributed by atoms with E-state index in [1.807, 2.05) is 21.6 Å². The van der Waals surface area contributed by atoms with Crippen molar-refractivity contribution in [1.29, 1.82) is 0 Å². The second-order valence-electron chi connectivity index (χ2n) is 11.1. The molecule has 4 heterocycles. The van der Waals surface area contributed by atoms with Crippen molar-refractivity contribution < 1.29 is 38.1 Å². The molecule has 0 atom stereocenters. The van der Waals surface area contributed by atoms with Crippen LogP contribution >= 0.6 is 0 Å². The predicted octanol–water partition coefficient (Wildman–Crippen LogP) is 3.37. The first kappa shape index (κ1) is 27.5. The molecule has 2 saturated heterocycles. The summed E-state index contributed by atoms with van der Waals surface area (Å²) in [5.41, 5.74) is 2.32. The highest BCUT2D eigenvalue weighted by Crippen LogP contribution is 2.44. The van der Waals surface area contributed by atoms with E-state index in [1.165, 1.54) is 12.0 Å². The number of benzene rings is 1. The number of fused-ring (bicyclic) bond motifs is 1. The second-order valence-corrected chi connectivity index (χ2v) is 11.1. The lowest BCUT2D eigenvalue weighted by atomic mass is 9.82. The third kappa shape index (κ3) is 5.37. The molecule has 11 heteroatoms. The normalized spacial score (nSPS) is 19.8. The summed E-state index contributed by atoms with van der Waals surface area (Å²) in [6.07, 6.45) is 8.89. The van der Waals surface area contributed by atoms with E-state index < -0.39 is 17.4 Å². The molecule has 218 valence electrons. The molecule has 3 aromatic rings. The van der Waals surface area contributed by atoms with Crippen molar-refractivity contribution in [2.75, 3.05) is 46.3 Å². The van der Waals surface area contributed by atoms with Crippen LogP contribution in [0.5, 0.6) is 0 Å². The minimum absolute atomic E-state index is 0.0255. The van der Waals surface area contributed by atoms with E-state index in [0.29, 0.717) is 32.2 Å². The lowest BCUT2D eigenvalue weighted by molar-refractivity contribution is -0.174. The quantitative estimate of drug-likeness (QED) is 0.446. The van der Waals surface area contributed by atoms with Crippen LogP contribution < -0.4 is 5.32 Å². The van der Waals surface area contributed by atoms with E-state index in [2.05, 4.69) is 5.32 Å². The van der Waals surface area contributed by atoms with Gasteiger partial charge in [-0.2, -0.15) is 0 Å². The van der Waals surface area contributed by atoms with Gasteiger partial charge in [0.15, 0.2) is 5.54 Å². The molecule has 2 aliphatic heterocycles. The zero-order valence-electron chi connectivity index (χ0n) is 22.9. The van der Waals surface area contributed by atoms with Gasteiger partial charge in [-0.1, -0.05) is 25.3 Å².